The summed E-state index contributed by atoms with van der Waals surface area (Å²) in [6.45, 7) is 6.20. The molecule has 0 aliphatic heterocycles. The molecule has 0 radical (unpaired) electrons. The van der Waals surface area contributed by atoms with Crippen molar-refractivity contribution < 1.29 is 4.79 Å². The van der Waals surface area contributed by atoms with Crippen molar-refractivity contribution in [2.45, 2.75) is 26.7 Å². The van der Waals surface area contributed by atoms with E-state index in [1.807, 2.05) is 49.4 Å². The first-order chi connectivity index (χ1) is 14.5. The number of rotatable bonds is 4. The lowest BCUT2D eigenvalue weighted by Gasteiger charge is -2.12. The minimum Gasteiger partial charge on any atom is -0.305 e. The molecule has 1 N–H and O–H groups in total. The number of nitrogens with zero attached hydrogens (tertiary/aromatic N) is 4. The molecule has 0 fully saturated rings. The van der Waals surface area contributed by atoms with E-state index in [1.165, 1.54) is 10.9 Å². The van der Waals surface area contributed by atoms with Crippen LogP contribution in [0.2, 0.25) is 0 Å². The summed E-state index contributed by atoms with van der Waals surface area (Å²) in [5.74, 6) is 0.924. The molecule has 6 nitrogen and oxygen atoms in total. The van der Waals surface area contributed by atoms with Crippen LogP contribution in [-0.2, 0) is 0 Å². The lowest BCUT2D eigenvalue weighted by molar-refractivity contribution is 0.102. The minimum absolute atomic E-state index is 0.273. The predicted molar refractivity (Wildman–Crippen MR) is 117 cm³/mol. The van der Waals surface area contributed by atoms with Gasteiger partial charge in [0.2, 0.25) is 0 Å². The van der Waals surface area contributed by atoms with Crippen molar-refractivity contribution in [3.05, 3.63) is 83.0 Å². The van der Waals surface area contributed by atoms with Gasteiger partial charge in [-0.25, -0.2) is 4.98 Å². The van der Waals surface area contributed by atoms with Gasteiger partial charge in [-0.05, 0) is 48.2 Å². The first-order valence-corrected chi connectivity index (χ1v) is 9.74. The molecule has 4 rings (SSSR count). The highest BCUT2D eigenvalue weighted by Crippen LogP contribution is 2.24. The number of hydrogen-bond acceptors (Lipinski definition) is 4. The number of anilines is 1. The molecule has 0 unspecified atom stereocenters. The standard InChI is InChI=1S/C24H21N5O/c1-15(2)17-8-10-18(11-9-17)24(30)28-23-19(13-25)14-26-29(23)22-12-16(3)20-6-4-5-7-21(20)27-22/h4-12,14-15H,1-3H3,(H,28,30). The lowest BCUT2D eigenvalue weighted by Crippen LogP contribution is -2.16. The molecular weight excluding hydrogens is 374 g/mol. The Morgan fingerprint density at radius 1 is 1.13 bits per heavy atom. The number of aryl methyl sites for hydroxylation is 1. The van der Waals surface area contributed by atoms with Crippen molar-refractivity contribution in [2.24, 2.45) is 0 Å². The molecule has 0 saturated carbocycles. The summed E-state index contributed by atoms with van der Waals surface area (Å²) in [5, 5.41) is 17.7. The van der Waals surface area contributed by atoms with Crippen molar-refractivity contribution in [3.8, 4) is 11.9 Å². The Morgan fingerprint density at radius 2 is 1.87 bits per heavy atom. The second-order valence-electron chi connectivity index (χ2n) is 7.48. The average molecular weight is 395 g/mol. The van der Waals surface area contributed by atoms with E-state index in [4.69, 9.17) is 0 Å². The monoisotopic (exact) mass is 395 g/mol. The third kappa shape index (κ3) is 3.53. The zero-order chi connectivity index (χ0) is 21.3. The molecule has 0 spiro atoms. The Morgan fingerprint density at radius 3 is 2.57 bits per heavy atom. The van der Waals surface area contributed by atoms with Crippen LogP contribution in [0, 0.1) is 18.3 Å². The highest BCUT2D eigenvalue weighted by Gasteiger charge is 2.18. The van der Waals surface area contributed by atoms with Gasteiger partial charge < -0.3 is 5.32 Å². The number of para-hydroxylation sites is 1. The largest absolute Gasteiger partial charge is 0.305 e. The van der Waals surface area contributed by atoms with Gasteiger partial charge in [-0.1, -0.05) is 44.2 Å². The van der Waals surface area contributed by atoms with Crippen molar-refractivity contribution in [1.29, 1.82) is 5.26 Å². The molecule has 0 aliphatic rings. The number of amides is 1. The smallest absolute Gasteiger partial charge is 0.256 e. The van der Waals surface area contributed by atoms with Crippen molar-refractivity contribution >= 4 is 22.6 Å². The average Bonchev–Trinajstić information content (AvgIpc) is 3.16. The molecular formula is C24H21N5O. The first kappa shape index (κ1) is 19.3. The van der Waals surface area contributed by atoms with E-state index in [1.54, 1.807) is 12.1 Å². The van der Waals surface area contributed by atoms with Crippen LogP contribution in [-0.4, -0.2) is 20.7 Å². The number of carbonyl (C=O) groups excluding carboxylic acids is 1. The number of carbonyl (C=O) groups is 1. The third-order valence-corrected chi connectivity index (χ3v) is 5.09. The van der Waals surface area contributed by atoms with Gasteiger partial charge in [0.1, 0.15) is 11.6 Å². The molecule has 2 aromatic heterocycles. The Kier molecular flexibility index (Phi) is 5.03. The summed E-state index contributed by atoms with van der Waals surface area (Å²) in [6.07, 6.45) is 1.43. The lowest BCUT2D eigenvalue weighted by atomic mass is 10.0. The van der Waals surface area contributed by atoms with Gasteiger partial charge in [-0.2, -0.15) is 15.0 Å². The maximum absolute atomic E-state index is 12.8. The fourth-order valence-electron chi connectivity index (χ4n) is 3.36. The fourth-order valence-corrected chi connectivity index (χ4v) is 3.36. The SMILES string of the molecule is Cc1cc(-n2ncc(C#N)c2NC(=O)c2ccc(C(C)C)cc2)nc2ccccc12. The van der Waals surface area contributed by atoms with Crippen molar-refractivity contribution in [1.82, 2.24) is 14.8 Å². The van der Waals surface area contributed by atoms with Crippen LogP contribution in [0.3, 0.4) is 0 Å². The van der Waals surface area contributed by atoms with Gasteiger partial charge in [0.05, 0.1) is 11.7 Å². The van der Waals surface area contributed by atoms with E-state index in [9.17, 15) is 10.1 Å². The van der Waals surface area contributed by atoms with E-state index in [2.05, 4.69) is 35.3 Å². The topological polar surface area (TPSA) is 83.6 Å². The van der Waals surface area contributed by atoms with Crippen LogP contribution >= 0.6 is 0 Å². The van der Waals surface area contributed by atoms with Gasteiger partial charge >= 0.3 is 0 Å². The summed E-state index contributed by atoms with van der Waals surface area (Å²) >= 11 is 0. The van der Waals surface area contributed by atoms with Crippen LogP contribution in [0.5, 0.6) is 0 Å². The number of pyridine rings is 1. The molecule has 2 aromatic carbocycles. The molecule has 2 heterocycles. The highest BCUT2D eigenvalue weighted by atomic mass is 16.1. The number of fused-ring (bicyclic) bond motifs is 1. The molecule has 148 valence electrons. The Balaban J connectivity index is 1.72. The van der Waals surface area contributed by atoms with Crippen molar-refractivity contribution in [2.75, 3.05) is 5.32 Å². The van der Waals surface area contributed by atoms with E-state index >= 15 is 0 Å². The third-order valence-electron chi connectivity index (χ3n) is 5.09. The Hall–Kier alpha value is -3.98. The number of hydrogen-bond donors (Lipinski definition) is 1. The molecule has 30 heavy (non-hydrogen) atoms. The molecule has 0 bridgehead atoms. The molecule has 0 aliphatic carbocycles. The number of nitriles is 1. The van der Waals surface area contributed by atoms with Gasteiger partial charge in [0, 0.05) is 10.9 Å². The van der Waals surface area contributed by atoms with Gasteiger partial charge in [0.25, 0.3) is 5.91 Å². The number of nitrogens with one attached hydrogen (secondary N) is 1. The number of aromatic nitrogens is 3. The first-order valence-electron chi connectivity index (χ1n) is 9.74. The predicted octanol–water partition coefficient (Wildman–Crippen LogP) is 4.98. The Bertz CT molecular complexity index is 1280. The minimum atomic E-state index is -0.305. The molecule has 0 saturated heterocycles. The van der Waals surface area contributed by atoms with Crippen LogP contribution in [0.4, 0.5) is 5.82 Å². The van der Waals surface area contributed by atoms with Crippen LogP contribution < -0.4 is 5.32 Å². The fraction of sp³-hybridized carbons (Fsp3) is 0.167. The second-order valence-corrected chi connectivity index (χ2v) is 7.48. The van der Waals surface area contributed by atoms with E-state index in [-0.39, 0.29) is 11.5 Å². The summed E-state index contributed by atoms with van der Waals surface area (Å²) in [4.78, 5) is 17.5. The molecule has 0 atom stereocenters. The molecule has 1 amide bonds. The summed E-state index contributed by atoms with van der Waals surface area (Å²) in [6, 6.07) is 19.3. The summed E-state index contributed by atoms with van der Waals surface area (Å²) in [5.41, 5.74) is 3.80. The van der Waals surface area contributed by atoms with E-state index < -0.39 is 0 Å². The van der Waals surface area contributed by atoms with E-state index in [0.29, 0.717) is 23.1 Å². The van der Waals surface area contributed by atoms with Crippen LogP contribution in [0.15, 0.2) is 60.8 Å². The molecule has 6 heteroatoms. The second kappa shape index (κ2) is 7.80. The normalized spacial score (nSPS) is 10.9. The zero-order valence-electron chi connectivity index (χ0n) is 17.0. The van der Waals surface area contributed by atoms with Crippen LogP contribution in [0.25, 0.3) is 16.7 Å². The van der Waals surface area contributed by atoms with Crippen molar-refractivity contribution in [3.63, 3.8) is 0 Å². The maximum atomic E-state index is 12.8. The molecule has 4 aromatic rings. The quantitative estimate of drug-likeness (QED) is 0.528. The van der Waals surface area contributed by atoms with E-state index in [0.717, 1.165) is 22.0 Å². The van der Waals surface area contributed by atoms with Gasteiger partial charge in [-0.3, -0.25) is 4.79 Å². The van der Waals surface area contributed by atoms with Gasteiger partial charge in [0.15, 0.2) is 11.6 Å². The zero-order valence-corrected chi connectivity index (χ0v) is 17.0. The van der Waals surface area contributed by atoms with Crippen LogP contribution in [0.1, 0.15) is 46.8 Å². The number of benzene rings is 2. The summed E-state index contributed by atoms with van der Waals surface area (Å²) in [7, 11) is 0. The Labute approximate surface area is 174 Å². The summed E-state index contributed by atoms with van der Waals surface area (Å²) < 4.78 is 1.50. The highest BCUT2D eigenvalue weighted by molar-refractivity contribution is 6.04. The van der Waals surface area contributed by atoms with Gasteiger partial charge in [-0.15, -0.1) is 0 Å². The maximum Gasteiger partial charge on any atom is 0.256 e.